The van der Waals surface area contributed by atoms with E-state index in [9.17, 15) is 0 Å². The zero-order valence-corrected chi connectivity index (χ0v) is 8.37. The number of rotatable bonds is 0. The van der Waals surface area contributed by atoms with E-state index in [-0.39, 0.29) is 0 Å². The van der Waals surface area contributed by atoms with Crippen LogP contribution in [0.3, 0.4) is 0 Å². The average Bonchev–Trinajstić information content (AvgIpc) is 2.45. The molecule has 2 rings (SSSR count). The normalized spacial score (nSPS) is 10.7. The highest BCUT2D eigenvalue weighted by atomic mass is 127. The Labute approximate surface area is 82.3 Å². The highest BCUT2D eigenvalue weighted by Crippen LogP contribution is 2.21. The molecule has 0 aliphatic carbocycles. The van der Waals surface area contributed by atoms with Crippen LogP contribution >= 0.6 is 34.2 Å². The average molecular weight is 278 g/mol. The molecule has 2 heterocycles. The molecule has 2 nitrogen and oxygen atoms in total. The van der Waals surface area contributed by atoms with Crippen LogP contribution in [0, 0.1) is 3.57 Å². The van der Waals surface area contributed by atoms with Gasteiger partial charge >= 0.3 is 0 Å². The van der Waals surface area contributed by atoms with Gasteiger partial charge in [0.25, 0.3) is 0 Å². The van der Waals surface area contributed by atoms with Crippen LogP contribution < -0.4 is 0 Å². The summed E-state index contributed by atoms with van der Waals surface area (Å²) in [6.45, 7) is 0. The fraction of sp³-hybridized carbons (Fsp3) is 0. The maximum atomic E-state index is 5.88. The minimum Gasteiger partial charge on any atom is -0.306 e. The van der Waals surface area contributed by atoms with Crippen LogP contribution in [0.15, 0.2) is 24.7 Å². The molecule has 56 valence electrons. The molecule has 11 heavy (non-hydrogen) atoms. The number of aromatic nitrogens is 2. The molecule has 0 aromatic carbocycles. The molecule has 0 bridgehead atoms. The lowest BCUT2D eigenvalue weighted by molar-refractivity contribution is 1.18. The van der Waals surface area contributed by atoms with Gasteiger partial charge in [-0.15, -0.1) is 0 Å². The van der Waals surface area contributed by atoms with Gasteiger partial charge in [-0.05, 0) is 28.7 Å². The van der Waals surface area contributed by atoms with Crippen LogP contribution in [-0.4, -0.2) is 9.38 Å². The molecule has 2 aromatic heterocycles. The minimum atomic E-state index is 0.754. The first-order valence-electron chi connectivity index (χ1n) is 3.06. The Morgan fingerprint density at radius 1 is 1.45 bits per heavy atom. The van der Waals surface area contributed by atoms with Crippen LogP contribution in [0.25, 0.3) is 5.65 Å². The summed E-state index contributed by atoms with van der Waals surface area (Å²) < 4.78 is 2.94. The van der Waals surface area contributed by atoms with Crippen molar-refractivity contribution in [3.8, 4) is 0 Å². The number of hydrogen-bond donors (Lipinski definition) is 0. The minimum absolute atomic E-state index is 0.754. The lowest BCUT2D eigenvalue weighted by atomic mass is 10.5. The van der Waals surface area contributed by atoms with Crippen LogP contribution in [0.2, 0.25) is 5.02 Å². The zero-order valence-electron chi connectivity index (χ0n) is 5.46. The van der Waals surface area contributed by atoms with E-state index in [0.717, 1.165) is 14.2 Å². The van der Waals surface area contributed by atoms with Crippen molar-refractivity contribution in [2.24, 2.45) is 0 Å². The summed E-state index contributed by atoms with van der Waals surface area (Å²) in [7, 11) is 0. The number of hydrogen-bond acceptors (Lipinski definition) is 1. The predicted molar refractivity (Wildman–Crippen MR) is 52.9 cm³/mol. The first-order valence-corrected chi connectivity index (χ1v) is 4.51. The lowest BCUT2D eigenvalue weighted by Gasteiger charge is -1.97. The molecular weight excluding hydrogens is 274 g/mol. The van der Waals surface area contributed by atoms with Crippen LogP contribution in [0.5, 0.6) is 0 Å². The standard InChI is InChI=1S/C7H4ClIN2/c8-5-1-3-11-4-2-10-7(11)6(5)9/h1-4H. The summed E-state index contributed by atoms with van der Waals surface area (Å²) in [5.41, 5.74) is 0.915. The second kappa shape index (κ2) is 2.64. The van der Waals surface area contributed by atoms with Crippen molar-refractivity contribution in [2.45, 2.75) is 0 Å². The molecule has 0 aliphatic rings. The molecule has 0 saturated heterocycles. The largest absolute Gasteiger partial charge is 0.306 e. The molecule has 4 heteroatoms. The van der Waals surface area contributed by atoms with Crippen molar-refractivity contribution in [1.82, 2.24) is 9.38 Å². The van der Waals surface area contributed by atoms with Gasteiger partial charge in [0.1, 0.15) is 0 Å². The van der Waals surface area contributed by atoms with E-state index in [2.05, 4.69) is 27.6 Å². The Balaban J connectivity index is 2.93. The van der Waals surface area contributed by atoms with Crippen molar-refractivity contribution < 1.29 is 0 Å². The van der Waals surface area contributed by atoms with Gasteiger partial charge < -0.3 is 4.40 Å². The third-order valence-corrected chi connectivity index (χ3v) is 3.15. The molecule has 0 spiro atoms. The number of fused-ring (bicyclic) bond motifs is 1. The Kier molecular flexibility index (Phi) is 1.77. The van der Waals surface area contributed by atoms with Crippen molar-refractivity contribution in [3.05, 3.63) is 33.2 Å². The van der Waals surface area contributed by atoms with E-state index in [0.29, 0.717) is 0 Å². The fourth-order valence-electron chi connectivity index (χ4n) is 0.929. The summed E-state index contributed by atoms with van der Waals surface area (Å²) in [4.78, 5) is 4.15. The van der Waals surface area contributed by atoms with Crippen molar-refractivity contribution in [1.29, 1.82) is 0 Å². The van der Waals surface area contributed by atoms with Gasteiger partial charge in [-0.3, -0.25) is 0 Å². The van der Waals surface area contributed by atoms with E-state index < -0.39 is 0 Å². The van der Waals surface area contributed by atoms with Crippen LogP contribution in [0.4, 0.5) is 0 Å². The third-order valence-electron chi connectivity index (χ3n) is 1.46. The molecule has 0 saturated carbocycles. The molecule has 0 aliphatic heterocycles. The van der Waals surface area contributed by atoms with Gasteiger partial charge in [-0.2, -0.15) is 0 Å². The van der Waals surface area contributed by atoms with Gasteiger partial charge in [0.2, 0.25) is 0 Å². The van der Waals surface area contributed by atoms with Gasteiger partial charge in [-0.25, -0.2) is 4.98 Å². The highest BCUT2D eigenvalue weighted by Gasteiger charge is 2.02. The maximum Gasteiger partial charge on any atom is 0.151 e. The Morgan fingerprint density at radius 2 is 2.27 bits per heavy atom. The Hall–Kier alpha value is -0.290. The lowest BCUT2D eigenvalue weighted by Crippen LogP contribution is -1.86. The summed E-state index contributed by atoms with van der Waals surface area (Å²) in [6.07, 6.45) is 5.55. The van der Waals surface area contributed by atoms with Crippen LogP contribution in [-0.2, 0) is 0 Å². The van der Waals surface area contributed by atoms with Gasteiger partial charge in [0.05, 0.1) is 8.59 Å². The summed E-state index contributed by atoms with van der Waals surface area (Å²) in [5.74, 6) is 0. The highest BCUT2D eigenvalue weighted by molar-refractivity contribution is 14.1. The first kappa shape index (κ1) is 7.36. The van der Waals surface area contributed by atoms with Crippen molar-refractivity contribution in [2.75, 3.05) is 0 Å². The summed E-state index contributed by atoms with van der Waals surface area (Å²) in [6, 6.07) is 1.86. The monoisotopic (exact) mass is 278 g/mol. The molecule has 0 radical (unpaired) electrons. The number of nitrogens with zero attached hydrogens (tertiary/aromatic N) is 2. The van der Waals surface area contributed by atoms with Gasteiger partial charge in [-0.1, -0.05) is 11.6 Å². The summed E-state index contributed by atoms with van der Waals surface area (Å²) >= 11 is 8.07. The Morgan fingerprint density at radius 3 is 3.09 bits per heavy atom. The zero-order chi connectivity index (χ0) is 7.84. The number of imidazole rings is 1. The number of halogens is 2. The van der Waals surface area contributed by atoms with E-state index in [1.54, 1.807) is 6.20 Å². The quantitative estimate of drug-likeness (QED) is 0.677. The predicted octanol–water partition coefficient (Wildman–Crippen LogP) is 2.59. The van der Waals surface area contributed by atoms with E-state index in [1.807, 2.05) is 22.9 Å². The van der Waals surface area contributed by atoms with Gasteiger partial charge in [0.15, 0.2) is 5.65 Å². The third kappa shape index (κ3) is 1.12. The topological polar surface area (TPSA) is 17.3 Å². The van der Waals surface area contributed by atoms with Crippen molar-refractivity contribution >= 4 is 39.8 Å². The van der Waals surface area contributed by atoms with Crippen LogP contribution in [0.1, 0.15) is 0 Å². The SMILES string of the molecule is Clc1ccn2ccnc2c1I. The fourth-order valence-corrected chi connectivity index (χ4v) is 1.67. The Bertz CT molecular complexity index is 396. The second-order valence-corrected chi connectivity index (χ2v) is 3.62. The molecule has 0 atom stereocenters. The van der Waals surface area contributed by atoms with Crippen molar-refractivity contribution in [3.63, 3.8) is 0 Å². The number of pyridine rings is 1. The molecule has 0 N–H and O–H groups in total. The summed E-state index contributed by atoms with van der Waals surface area (Å²) in [5, 5.41) is 0.754. The smallest absolute Gasteiger partial charge is 0.151 e. The molecule has 0 unspecified atom stereocenters. The first-order chi connectivity index (χ1) is 5.29. The molecule has 0 fully saturated rings. The van der Waals surface area contributed by atoms with Gasteiger partial charge in [0, 0.05) is 18.6 Å². The second-order valence-electron chi connectivity index (χ2n) is 2.14. The molecule has 0 amide bonds. The van der Waals surface area contributed by atoms with E-state index in [4.69, 9.17) is 11.6 Å². The molecular formula is C7H4ClIN2. The van der Waals surface area contributed by atoms with E-state index >= 15 is 0 Å². The van der Waals surface area contributed by atoms with E-state index in [1.165, 1.54) is 0 Å². The maximum absolute atomic E-state index is 5.88. The molecule has 2 aromatic rings.